The van der Waals surface area contributed by atoms with Gasteiger partial charge in [-0.3, -0.25) is 20.1 Å². The number of H-pyrrole nitrogens is 2. The standard InChI is InChI=1S/C26H21N9/c27-16-13-35(14-16)25-12-29-10-24(32-25)21-9-19-23(11-30-21)33-34-26(19)22-8-18-17(2-1-3-20(18)31-22)15-4-6-28-7-5-15/h1-12,16,31H,13-14,27H2,(H,33,34). The van der Waals surface area contributed by atoms with E-state index in [-0.39, 0.29) is 6.04 Å². The molecule has 170 valence electrons. The molecular weight excluding hydrogens is 438 g/mol. The van der Waals surface area contributed by atoms with Crippen LogP contribution in [0, 0.1) is 0 Å². The lowest BCUT2D eigenvalue weighted by Gasteiger charge is -2.37. The number of hydrogen-bond donors (Lipinski definition) is 3. The van der Waals surface area contributed by atoms with Crippen LogP contribution in [0.2, 0.25) is 0 Å². The van der Waals surface area contributed by atoms with E-state index in [4.69, 9.17) is 10.7 Å². The number of benzene rings is 1. The summed E-state index contributed by atoms with van der Waals surface area (Å²) in [7, 11) is 0. The summed E-state index contributed by atoms with van der Waals surface area (Å²) in [5, 5.41) is 9.81. The number of hydrogen-bond acceptors (Lipinski definition) is 7. The third-order valence-electron chi connectivity index (χ3n) is 6.48. The first-order valence-electron chi connectivity index (χ1n) is 11.4. The van der Waals surface area contributed by atoms with Crippen molar-refractivity contribution in [3.63, 3.8) is 0 Å². The molecule has 0 bridgehead atoms. The zero-order chi connectivity index (χ0) is 23.4. The molecule has 1 fully saturated rings. The van der Waals surface area contributed by atoms with Crippen LogP contribution in [-0.2, 0) is 0 Å². The number of nitrogens with zero attached hydrogens (tertiary/aromatic N) is 6. The lowest BCUT2D eigenvalue weighted by atomic mass is 10.0. The first-order chi connectivity index (χ1) is 17.2. The van der Waals surface area contributed by atoms with Gasteiger partial charge < -0.3 is 15.6 Å². The minimum absolute atomic E-state index is 0.193. The summed E-state index contributed by atoms with van der Waals surface area (Å²) in [6.45, 7) is 1.58. The van der Waals surface area contributed by atoms with E-state index in [1.54, 1.807) is 18.6 Å². The van der Waals surface area contributed by atoms with Crippen molar-refractivity contribution in [2.75, 3.05) is 18.0 Å². The highest BCUT2D eigenvalue weighted by Crippen LogP contribution is 2.34. The zero-order valence-electron chi connectivity index (χ0n) is 18.7. The highest BCUT2D eigenvalue weighted by molar-refractivity contribution is 6.01. The van der Waals surface area contributed by atoms with Crippen LogP contribution >= 0.6 is 0 Å². The topological polar surface area (TPSA) is 125 Å². The fourth-order valence-electron chi connectivity index (χ4n) is 4.66. The van der Waals surface area contributed by atoms with E-state index in [0.29, 0.717) is 5.69 Å². The Labute approximate surface area is 200 Å². The zero-order valence-corrected chi connectivity index (χ0v) is 18.7. The Morgan fingerprint density at radius 2 is 1.77 bits per heavy atom. The fraction of sp³-hybridized carbons (Fsp3) is 0.115. The number of nitrogens with two attached hydrogens (primary N) is 1. The van der Waals surface area contributed by atoms with Crippen molar-refractivity contribution < 1.29 is 0 Å². The van der Waals surface area contributed by atoms with Crippen LogP contribution < -0.4 is 10.6 Å². The molecule has 0 atom stereocenters. The van der Waals surface area contributed by atoms with Crippen molar-refractivity contribution >= 4 is 27.6 Å². The van der Waals surface area contributed by atoms with Gasteiger partial charge in [0.05, 0.1) is 35.5 Å². The molecular formula is C26H21N9. The summed E-state index contributed by atoms with van der Waals surface area (Å²) in [5.74, 6) is 0.817. The Morgan fingerprint density at radius 3 is 2.63 bits per heavy atom. The minimum atomic E-state index is 0.193. The number of anilines is 1. The molecule has 1 aliphatic rings. The van der Waals surface area contributed by atoms with E-state index in [2.05, 4.69) is 59.3 Å². The van der Waals surface area contributed by atoms with Crippen molar-refractivity contribution in [2.45, 2.75) is 6.04 Å². The summed E-state index contributed by atoms with van der Waals surface area (Å²) in [5.41, 5.74) is 13.3. The van der Waals surface area contributed by atoms with Gasteiger partial charge in [-0.2, -0.15) is 5.10 Å². The van der Waals surface area contributed by atoms with Crippen molar-refractivity contribution in [2.24, 2.45) is 5.73 Å². The second-order valence-electron chi connectivity index (χ2n) is 8.80. The Morgan fingerprint density at radius 1 is 0.886 bits per heavy atom. The second kappa shape index (κ2) is 7.71. The van der Waals surface area contributed by atoms with E-state index in [1.165, 1.54) is 0 Å². The number of pyridine rings is 2. The van der Waals surface area contributed by atoms with Crippen LogP contribution in [-0.4, -0.2) is 54.2 Å². The molecule has 1 aliphatic heterocycles. The van der Waals surface area contributed by atoms with Gasteiger partial charge in [0, 0.05) is 47.8 Å². The van der Waals surface area contributed by atoms with Gasteiger partial charge in [0.2, 0.25) is 0 Å². The maximum absolute atomic E-state index is 5.93. The smallest absolute Gasteiger partial charge is 0.147 e. The summed E-state index contributed by atoms with van der Waals surface area (Å²) in [6, 6.07) is 14.6. The average molecular weight is 460 g/mol. The van der Waals surface area contributed by atoms with E-state index >= 15 is 0 Å². The number of aromatic nitrogens is 7. The largest absolute Gasteiger partial charge is 0.353 e. The summed E-state index contributed by atoms with van der Waals surface area (Å²) in [4.78, 5) is 23.6. The van der Waals surface area contributed by atoms with Gasteiger partial charge in [0.1, 0.15) is 17.2 Å². The quantitative estimate of drug-likeness (QED) is 0.366. The van der Waals surface area contributed by atoms with Crippen LogP contribution in [0.4, 0.5) is 5.82 Å². The molecule has 9 nitrogen and oxygen atoms in total. The normalized spacial score (nSPS) is 14.0. The molecule has 0 radical (unpaired) electrons. The molecule has 0 aliphatic carbocycles. The van der Waals surface area contributed by atoms with Crippen molar-refractivity contribution in [3.05, 3.63) is 73.4 Å². The SMILES string of the molecule is NC1CN(c2cncc(-c3cc4c(-c5cc6c(-c7ccncc7)cccc6[nH]5)n[nH]c4cn3)n2)C1. The molecule has 1 saturated heterocycles. The van der Waals surface area contributed by atoms with Crippen LogP contribution in [0.25, 0.3) is 55.7 Å². The molecule has 0 spiro atoms. The average Bonchev–Trinajstić information content (AvgIpc) is 3.51. The van der Waals surface area contributed by atoms with Gasteiger partial charge in [-0.25, -0.2) is 4.98 Å². The summed E-state index contributed by atoms with van der Waals surface area (Å²) in [6.07, 6.45) is 8.92. The molecule has 0 amide bonds. The number of aromatic amines is 2. The maximum Gasteiger partial charge on any atom is 0.147 e. The van der Waals surface area contributed by atoms with Crippen molar-refractivity contribution in [1.82, 2.24) is 35.1 Å². The molecule has 6 heterocycles. The Kier molecular flexibility index (Phi) is 4.36. The van der Waals surface area contributed by atoms with Gasteiger partial charge in [-0.05, 0) is 41.5 Å². The lowest BCUT2D eigenvalue weighted by Crippen LogP contribution is -2.56. The van der Waals surface area contributed by atoms with Crippen LogP contribution in [0.1, 0.15) is 0 Å². The van der Waals surface area contributed by atoms with E-state index < -0.39 is 0 Å². The molecule has 35 heavy (non-hydrogen) atoms. The molecule has 6 aromatic rings. The molecule has 7 rings (SSSR count). The second-order valence-corrected chi connectivity index (χ2v) is 8.80. The van der Waals surface area contributed by atoms with Gasteiger partial charge in [-0.1, -0.05) is 12.1 Å². The van der Waals surface area contributed by atoms with Crippen LogP contribution in [0.5, 0.6) is 0 Å². The maximum atomic E-state index is 5.93. The predicted octanol–water partition coefficient (Wildman–Crippen LogP) is 3.77. The Hall–Kier alpha value is -4.63. The lowest BCUT2D eigenvalue weighted by molar-refractivity contribution is 0.514. The van der Waals surface area contributed by atoms with E-state index in [9.17, 15) is 0 Å². The van der Waals surface area contributed by atoms with Crippen molar-refractivity contribution in [1.29, 1.82) is 0 Å². The molecule has 9 heteroatoms. The molecule has 0 unspecified atom stereocenters. The number of fused-ring (bicyclic) bond motifs is 2. The monoisotopic (exact) mass is 459 g/mol. The van der Waals surface area contributed by atoms with Crippen LogP contribution in [0.15, 0.2) is 73.4 Å². The van der Waals surface area contributed by atoms with Crippen LogP contribution in [0.3, 0.4) is 0 Å². The predicted molar refractivity (Wildman–Crippen MR) is 136 cm³/mol. The third-order valence-corrected chi connectivity index (χ3v) is 6.48. The number of rotatable bonds is 4. The molecule has 1 aromatic carbocycles. The minimum Gasteiger partial charge on any atom is -0.353 e. The van der Waals surface area contributed by atoms with Gasteiger partial charge >= 0.3 is 0 Å². The van der Waals surface area contributed by atoms with Crippen molar-refractivity contribution in [3.8, 4) is 33.9 Å². The Balaban J connectivity index is 1.31. The summed E-state index contributed by atoms with van der Waals surface area (Å²) >= 11 is 0. The molecule has 0 saturated carbocycles. The first-order valence-corrected chi connectivity index (χ1v) is 11.4. The highest BCUT2D eigenvalue weighted by Gasteiger charge is 2.25. The highest BCUT2D eigenvalue weighted by atomic mass is 15.3. The fourth-order valence-corrected chi connectivity index (χ4v) is 4.66. The third kappa shape index (κ3) is 3.32. The van der Waals surface area contributed by atoms with E-state index in [1.807, 2.05) is 30.6 Å². The van der Waals surface area contributed by atoms with E-state index in [0.717, 1.165) is 68.9 Å². The number of nitrogens with one attached hydrogen (secondary N) is 2. The van der Waals surface area contributed by atoms with Gasteiger partial charge in [0.15, 0.2) is 0 Å². The molecule has 4 N–H and O–H groups in total. The Bertz CT molecular complexity index is 1680. The van der Waals surface area contributed by atoms with Gasteiger partial charge in [-0.15, -0.1) is 0 Å². The molecule has 5 aromatic heterocycles. The van der Waals surface area contributed by atoms with Gasteiger partial charge in [0.25, 0.3) is 0 Å². The first kappa shape index (κ1) is 19.8. The summed E-state index contributed by atoms with van der Waals surface area (Å²) < 4.78 is 0.